The van der Waals surface area contributed by atoms with Crippen LogP contribution in [0.25, 0.3) is 10.9 Å². The number of benzene rings is 1. The van der Waals surface area contributed by atoms with E-state index >= 15 is 0 Å². The largest absolute Gasteiger partial charge is 0.477 e. The molecule has 1 aromatic carbocycles. The number of carbonyl (C=O) groups is 1. The van der Waals surface area contributed by atoms with Crippen molar-refractivity contribution in [2.45, 2.75) is 25.2 Å². The SMILES string of the molecule is O=C(O)c1cn([C@@H]2C[C@H]2F)c2c(OC(F)F)c(F)c(F)cc2c1=O. The summed E-state index contributed by atoms with van der Waals surface area (Å²) in [5.74, 6) is -6.40. The highest BCUT2D eigenvalue weighted by Crippen LogP contribution is 2.43. The van der Waals surface area contributed by atoms with E-state index in [1.807, 2.05) is 0 Å². The van der Waals surface area contributed by atoms with Crippen molar-refractivity contribution in [1.82, 2.24) is 4.57 Å². The summed E-state index contributed by atoms with van der Waals surface area (Å²) >= 11 is 0. The van der Waals surface area contributed by atoms with Gasteiger partial charge in [-0.05, 0) is 6.07 Å². The van der Waals surface area contributed by atoms with Gasteiger partial charge in [-0.15, -0.1) is 0 Å². The molecule has 128 valence electrons. The molecule has 0 unspecified atom stereocenters. The third kappa shape index (κ3) is 2.47. The lowest BCUT2D eigenvalue weighted by Crippen LogP contribution is -2.20. The fraction of sp³-hybridized carbons (Fsp3) is 0.286. The number of alkyl halides is 3. The molecule has 0 bridgehead atoms. The Balaban J connectivity index is 2.45. The van der Waals surface area contributed by atoms with Crippen LogP contribution in [0.1, 0.15) is 22.8 Å². The lowest BCUT2D eigenvalue weighted by Gasteiger charge is -2.16. The summed E-state index contributed by atoms with van der Waals surface area (Å²) in [5, 5.41) is 8.34. The zero-order valence-corrected chi connectivity index (χ0v) is 11.6. The number of hydrogen-bond donors (Lipinski definition) is 1. The number of fused-ring (bicyclic) bond motifs is 1. The van der Waals surface area contributed by atoms with Gasteiger partial charge < -0.3 is 14.4 Å². The lowest BCUT2D eigenvalue weighted by atomic mass is 10.1. The second kappa shape index (κ2) is 5.46. The predicted octanol–water partition coefficient (Wildman–Crippen LogP) is 2.86. The Kier molecular flexibility index (Phi) is 3.69. The maximum atomic E-state index is 13.9. The molecule has 1 aliphatic rings. The summed E-state index contributed by atoms with van der Waals surface area (Å²) < 4.78 is 70.8. The van der Waals surface area contributed by atoms with Gasteiger partial charge in [-0.25, -0.2) is 13.6 Å². The minimum atomic E-state index is -3.53. The van der Waals surface area contributed by atoms with Crippen molar-refractivity contribution in [2.24, 2.45) is 0 Å². The summed E-state index contributed by atoms with van der Waals surface area (Å²) in [6.45, 7) is -3.53. The first kappa shape index (κ1) is 16.2. The van der Waals surface area contributed by atoms with Crippen molar-refractivity contribution >= 4 is 16.9 Å². The number of halogens is 5. The molecule has 1 aromatic heterocycles. The Labute approximate surface area is 129 Å². The van der Waals surface area contributed by atoms with Crippen LogP contribution >= 0.6 is 0 Å². The third-order valence-corrected chi connectivity index (χ3v) is 3.64. The zero-order valence-electron chi connectivity index (χ0n) is 11.6. The Morgan fingerprint density at radius 3 is 2.50 bits per heavy atom. The van der Waals surface area contributed by atoms with Gasteiger partial charge in [0.05, 0.1) is 16.9 Å². The predicted molar refractivity (Wildman–Crippen MR) is 70.3 cm³/mol. The summed E-state index contributed by atoms with van der Waals surface area (Å²) in [5.41, 5.74) is -2.66. The Morgan fingerprint density at radius 2 is 2.00 bits per heavy atom. The molecule has 0 amide bonds. The highest BCUT2D eigenvalue weighted by molar-refractivity contribution is 5.94. The topological polar surface area (TPSA) is 68.5 Å². The summed E-state index contributed by atoms with van der Waals surface area (Å²) in [6, 6.07) is -0.611. The van der Waals surface area contributed by atoms with Crippen molar-refractivity contribution < 1.29 is 36.6 Å². The number of carboxylic acid groups (broad SMARTS) is 1. The Hall–Kier alpha value is -2.65. The molecule has 24 heavy (non-hydrogen) atoms. The highest BCUT2D eigenvalue weighted by atomic mass is 19.3. The smallest absolute Gasteiger partial charge is 0.387 e. The zero-order chi connectivity index (χ0) is 17.8. The van der Waals surface area contributed by atoms with E-state index in [4.69, 9.17) is 5.11 Å². The van der Waals surface area contributed by atoms with Gasteiger partial charge in [0.15, 0.2) is 11.6 Å². The number of hydrogen-bond acceptors (Lipinski definition) is 3. The number of ether oxygens (including phenoxy) is 1. The van der Waals surface area contributed by atoms with E-state index < -0.39 is 64.1 Å². The average molecular weight is 349 g/mol. The normalized spacial score (nSPS) is 19.8. The minimum Gasteiger partial charge on any atom is -0.477 e. The van der Waals surface area contributed by atoms with Gasteiger partial charge in [0.1, 0.15) is 11.7 Å². The Bertz CT molecular complexity index is 910. The molecule has 5 nitrogen and oxygen atoms in total. The van der Waals surface area contributed by atoms with E-state index in [-0.39, 0.29) is 6.42 Å². The van der Waals surface area contributed by atoms with Crippen molar-refractivity contribution in [3.05, 3.63) is 39.7 Å². The molecule has 1 heterocycles. The Morgan fingerprint density at radius 1 is 1.38 bits per heavy atom. The molecule has 2 atom stereocenters. The second-order valence-corrected chi connectivity index (χ2v) is 5.18. The van der Waals surface area contributed by atoms with E-state index in [0.29, 0.717) is 12.3 Å². The summed E-state index contributed by atoms with van der Waals surface area (Å²) in [4.78, 5) is 23.3. The molecule has 3 rings (SSSR count). The summed E-state index contributed by atoms with van der Waals surface area (Å²) in [7, 11) is 0. The van der Waals surface area contributed by atoms with Crippen LogP contribution in [0, 0.1) is 11.6 Å². The quantitative estimate of drug-likeness (QED) is 0.862. The number of aromatic nitrogens is 1. The van der Waals surface area contributed by atoms with Gasteiger partial charge in [-0.3, -0.25) is 4.79 Å². The molecule has 0 aliphatic heterocycles. The monoisotopic (exact) mass is 349 g/mol. The van der Waals surface area contributed by atoms with E-state index in [1.165, 1.54) is 0 Å². The van der Waals surface area contributed by atoms with E-state index in [1.54, 1.807) is 0 Å². The van der Waals surface area contributed by atoms with Gasteiger partial charge in [0.25, 0.3) is 0 Å². The third-order valence-electron chi connectivity index (χ3n) is 3.64. The maximum Gasteiger partial charge on any atom is 0.387 e. The molecule has 10 heteroatoms. The molecule has 0 radical (unpaired) electrons. The highest BCUT2D eigenvalue weighted by Gasteiger charge is 2.41. The maximum absolute atomic E-state index is 13.9. The number of pyridine rings is 1. The van der Waals surface area contributed by atoms with E-state index in [9.17, 15) is 31.5 Å². The lowest BCUT2D eigenvalue weighted by molar-refractivity contribution is -0.0516. The molecule has 1 N–H and O–H groups in total. The van der Waals surface area contributed by atoms with Gasteiger partial charge in [0, 0.05) is 12.6 Å². The standard InChI is InChI=1S/C14H8F5NO4/c15-6-2-8(6)20-3-5(13(22)23)11(21)4-1-7(16)9(17)12(10(4)20)24-14(18)19/h1,3,6,8,14H,2H2,(H,22,23)/t6-,8-/m1/s1. The van der Waals surface area contributed by atoms with Crippen LogP contribution in [0.5, 0.6) is 5.75 Å². The molecule has 1 saturated carbocycles. The fourth-order valence-corrected chi connectivity index (χ4v) is 2.48. The van der Waals surface area contributed by atoms with E-state index in [2.05, 4.69) is 4.74 Å². The number of carboxylic acids is 1. The summed E-state index contributed by atoms with van der Waals surface area (Å²) in [6.07, 6.45) is -0.818. The first-order chi connectivity index (χ1) is 11.2. The van der Waals surface area contributed by atoms with Crippen molar-refractivity contribution in [3.8, 4) is 5.75 Å². The first-order valence-corrected chi connectivity index (χ1v) is 6.61. The van der Waals surface area contributed by atoms with Crippen LogP contribution in [0.3, 0.4) is 0 Å². The molecule has 1 fully saturated rings. The molecular formula is C14H8F5NO4. The molecule has 0 saturated heterocycles. The van der Waals surface area contributed by atoms with Gasteiger partial charge in [-0.1, -0.05) is 0 Å². The average Bonchev–Trinajstić information content (AvgIpc) is 3.21. The van der Waals surface area contributed by atoms with Crippen molar-refractivity contribution in [2.75, 3.05) is 0 Å². The van der Waals surface area contributed by atoms with Crippen LogP contribution in [0.15, 0.2) is 17.1 Å². The minimum absolute atomic E-state index is 0.0931. The van der Waals surface area contributed by atoms with Gasteiger partial charge in [0.2, 0.25) is 11.2 Å². The van der Waals surface area contributed by atoms with Crippen LogP contribution in [-0.4, -0.2) is 28.4 Å². The first-order valence-electron chi connectivity index (χ1n) is 6.61. The van der Waals surface area contributed by atoms with Gasteiger partial charge >= 0.3 is 12.6 Å². The van der Waals surface area contributed by atoms with Crippen LogP contribution in [0.2, 0.25) is 0 Å². The number of rotatable bonds is 4. The number of nitrogens with zero attached hydrogens (tertiary/aromatic N) is 1. The van der Waals surface area contributed by atoms with Gasteiger partial charge in [-0.2, -0.15) is 13.2 Å². The van der Waals surface area contributed by atoms with Crippen LogP contribution in [-0.2, 0) is 0 Å². The van der Waals surface area contributed by atoms with Crippen LogP contribution < -0.4 is 10.2 Å². The molecule has 1 aliphatic carbocycles. The number of aromatic carboxylic acids is 1. The fourth-order valence-electron chi connectivity index (χ4n) is 2.48. The molecule has 2 aromatic rings. The van der Waals surface area contributed by atoms with Crippen LogP contribution in [0.4, 0.5) is 22.0 Å². The van der Waals surface area contributed by atoms with Crippen molar-refractivity contribution in [3.63, 3.8) is 0 Å². The molecule has 0 spiro atoms. The van der Waals surface area contributed by atoms with Crippen molar-refractivity contribution in [1.29, 1.82) is 0 Å². The second-order valence-electron chi connectivity index (χ2n) is 5.18. The van der Waals surface area contributed by atoms with E-state index in [0.717, 1.165) is 4.57 Å². The molecular weight excluding hydrogens is 341 g/mol.